The van der Waals surface area contributed by atoms with Gasteiger partial charge in [0.15, 0.2) is 0 Å². The zero-order valence-corrected chi connectivity index (χ0v) is 9.61. The highest BCUT2D eigenvalue weighted by Gasteiger charge is 2.75. The summed E-state index contributed by atoms with van der Waals surface area (Å²) in [5.74, 6) is -2.36. The fourth-order valence-electron chi connectivity index (χ4n) is 1.28. The van der Waals surface area contributed by atoms with Crippen LogP contribution in [-0.4, -0.2) is 38.6 Å². The first kappa shape index (κ1) is 17.0. The lowest BCUT2D eigenvalue weighted by atomic mass is 9.83. The number of carbonyl (C=O) groups excluding carboxylic acids is 1. The van der Waals surface area contributed by atoms with E-state index in [1.165, 1.54) is 0 Å². The van der Waals surface area contributed by atoms with Crippen molar-refractivity contribution in [2.45, 2.75) is 25.7 Å². The molecule has 0 aliphatic rings. The van der Waals surface area contributed by atoms with Crippen LogP contribution in [0.15, 0.2) is 0 Å². The van der Waals surface area contributed by atoms with Gasteiger partial charge >= 0.3 is 18.3 Å². The summed E-state index contributed by atoms with van der Waals surface area (Å²) in [4.78, 5) is 11.1. The third-order valence-corrected chi connectivity index (χ3v) is 2.37. The molecule has 0 aliphatic heterocycles. The van der Waals surface area contributed by atoms with E-state index in [4.69, 9.17) is 0 Å². The third-order valence-electron chi connectivity index (χ3n) is 2.37. The van der Waals surface area contributed by atoms with Crippen LogP contribution in [0, 0.1) is 5.41 Å². The Morgan fingerprint density at radius 3 is 1.72 bits per heavy atom. The van der Waals surface area contributed by atoms with Gasteiger partial charge in [-0.15, -0.1) is 0 Å². The maximum atomic E-state index is 12.6. The van der Waals surface area contributed by atoms with Crippen LogP contribution in [0.2, 0.25) is 0 Å². The second-order valence-electron chi connectivity index (χ2n) is 3.38. The van der Waals surface area contributed by atoms with Gasteiger partial charge in [-0.1, -0.05) is 6.92 Å². The molecule has 0 bridgehead atoms. The molecule has 9 heteroatoms. The van der Waals surface area contributed by atoms with Gasteiger partial charge in [0.25, 0.3) is 5.41 Å². The van der Waals surface area contributed by atoms with Gasteiger partial charge in [-0.3, -0.25) is 4.79 Å². The van der Waals surface area contributed by atoms with Gasteiger partial charge in [-0.05, 0) is 6.42 Å². The molecule has 108 valence electrons. The molecule has 0 radical (unpaired) electrons. The minimum absolute atomic E-state index is 0.290. The molecule has 18 heavy (non-hydrogen) atoms. The summed E-state index contributed by atoms with van der Waals surface area (Å²) in [6, 6.07) is 0. The molecular weight excluding hydrogens is 270 g/mol. The summed E-state index contributed by atoms with van der Waals surface area (Å²) in [6.45, 7) is -0.344. The quantitative estimate of drug-likeness (QED) is 0.442. The molecule has 0 aromatic rings. The molecule has 0 rings (SSSR count). The van der Waals surface area contributed by atoms with Crippen molar-refractivity contribution >= 4 is 5.97 Å². The van der Waals surface area contributed by atoms with Crippen molar-refractivity contribution < 1.29 is 40.6 Å². The van der Waals surface area contributed by atoms with Crippen LogP contribution in [0.25, 0.3) is 0 Å². The molecule has 0 saturated carbocycles. The topological polar surface area (TPSA) is 35.5 Å². The number of alkyl halides is 6. The number of hydrogen-bond acceptors (Lipinski definition) is 3. The molecule has 0 aliphatic carbocycles. The van der Waals surface area contributed by atoms with Crippen LogP contribution in [0.4, 0.5) is 26.3 Å². The zero-order chi connectivity index (χ0) is 14.6. The van der Waals surface area contributed by atoms with Crippen molar-refractivity contribution in [3.05, 3.63) is 0 Å². The first-order valence-electron chi connectivity index (χ1n) is 4.84. The number of hydrogen-bond donors (Lipinski definition) is 0. The molecule has 0 fully saturated rings. The standard InChI is InChI=1S/C9H12F6O3/c1-3-7(8(10,11)12,9(13,14)15)6(16)18-5-4-17-2/h3-5H2,1-2H3. The number of carbonyl (C=O) groups is 1. The van der Waals surface area contributed by atoms with E-state index in [0.717, 1.165) is 7.11 Å². The van der Waals surface area contributed by atoms with Gasteiger partial charge in [0, 0.05) is 7.11 Å². The third kappa shape index (κ3) is 3.06. The van der Waals surface area contributed by atoms with E-state index in [1.54, 1.807) is 0 Å². The summed E-state index contributed by atoms with van der Waals surface area (Å²) < 4.78 is 83.8. The van der Waals surface area contributed by atoms with E-state index < -0.39 is 36.8 Å². The van der Waals surface area contributed by atoms with Crippen molar-refractivity contribution in [1.29, 1.82) is 0 Å². The largest absolute Gasteiger partial charge is 0.462 e. The SMILES string of the molecule is CCC(C(=O)OCCOC)(C(F)(F)F)C(F)(F)F. The Labute approximate surface area is 99.0 Å². The fourth-order valence-corrected chi connectivity index (χ4v) is 1.28. The Hall–Kier alpha value is -0.990. The van der Waals surface area contributed by atoms with Gasteiger partial charge in [-0.2, -0.15) is 26.3 Å². The van der Waals surface area contributed by atoms with Crippen molar-refractivity contribution in [2.24, 2.45) is 5.41 Å². The number of methoxy groups -OCH3 is 1. The molecule has 0 heterocycles. The van der Waals surface area contributed by atoms with E-state index in [2.05, 4.69) is 9.47 Å². The van der Waals surface area contributed by atoms with Crippen molar-refractivity contribution in [3.8, 4) is 0 Å². The number of halogens is 6. The van der Waals surface area contributed by atoms with Gasteiger partial charge in [0.05, 0.1) is 6.61 Å². The molecule has 0 saturated heterocycles. The van der Waals surface area contributed by atoms with E-state index in [1.807, 2.05) is 0 Å². The van der Waals surface area contributed by atoms with Crippen LogP contribution >= 0.6 is 0 Å². The normalized spacial score (nSPS) is 13.6. The lowest BCUT2D eigenvalue weighted by Gasteiger charge is -2.33. The van der Waals surface area contributed by atoms with Gasteiger partial charge in [0.1, 0.15) is 6.61 Å². The van der Waals surface area contributed by atoms with Crippen molar-refractivity contribution in [1.82, 2.24) is 0 Å². The maximum absolute atomic E-state index is 12.6. The number of rotatable bonds is 5. The Morgan fingerprint density at radius 1 is 1.00 bits per heavy atom. The summed E-state index contributed by atoms with van der Waals surface area (Å²) in [7, 11) is 1.16. The molecular formula is C9H12F6O3. The minimum atomic E-state index is -5.77. The Kier molecular flexibility index (Phi) is 5.45. The second kappa shape index (κ2) is 5.77. The molecule has 3 nitrogen and oxygen atoms in total. The summed E-state index contributed by atoms with van der Waals surface area (Å²) in [5, 5.41) is 0. The lowest BCUT2D eigenvalue weighted by molar-refractivity contribution is -0.333. The van der Waals surface area contributed by atoms with Gasteiger partial charge in [-0.25, -0.2) is 0 Å². The van der Waals surface area contributed by atoms with Crippen molar-refractivity contribution in [2.75, 3.05) is 20.3 Å². The van der Waals surface area contributed by atoms with E-state index in [9.17, 15) is 31.1 Å². The highest BCUT2D eigenvalue weighted by molar-refractivity contribution is 5.79. The zero-order valence-electron chi connectivity index (χ0n) is 9.61. The van der Waals surface area contributed by atoms with Gasteiger partial charge in [0.2, 0.25) is 0 Å². The maximum Gasteiger partial charge on any atom is 0.413 e. The number of ether oxygens (including phenoxy) is 2. The summed E-state index contributed by atoms with van der Waals surface area (Å²) in [5.41, 5.74) is -4.49. The Morgan fingerprint density at radius 2 is 1.44 bits per heavy atom. The predicted molar refractivity (Wildman–Crippen MR) is 47.7 cm³/mol. The molecule has 0 aromatic carbocycles. The predicted octanol–water partition coefficient (Wildman–Crippen LogP) is 2.70. The molecule has 0 aromatic heterocycles. The van der Waals surface area contributed by atoms with Crippen LogP contribution in [0.3, 0.4) is 0 Å². The summed E-state index contributed by atoms with van der Waals surface area (Å²) in [6.07, 6.45) is -13.0. The molecule has 0 atom stereocenters. The molecule has 0 unspecified atom stereocenters. The lowest BCUT2D eigenvalue weighted by Crippen LogP contribution is -2.56. The van der Waals surface area contributed by atoms with E-state index in [-0.39, 0.29) is 6.61 Å². The molecule has 0 amide bonds. The highest BCUT2D eigenvalue weighted by Crippen LogP contribution is 2.53. The van der Waals surface area contributed by atoms with Crippen LogP contribution in [0.5, 0.6) is 0 Å². The van der Waals surface area contributed by atoms with E-state index >= 15 is 0 Å². The van der Waals surface area contributed by atoms with Crippen molar-refractivity contribution in [3.63, 3.8) is 0 Å². The Bertz CT molecular complexity index is 269. The molecule has 0 N–H and O–H groups in total. The summed E-state index contributed by atoms with van der Waals surface area (Å²) >= 11 is 0. The van der Waals surface area contributed by atoms with Gasteiger partial charge < -0.3 is 9.47 Å². The highest BCUT2D eigenvalue weighted by atomic mass is 19.4. The molecule has 0 spiro atoms. The average molecular weight is 282 g/mol. The second-order valence-corrected chi connectivity index (χ2v) is 3.38. The minimum Gasteiger partial charge on any atom is -0.462 e. The van der Waals surface area contributed by atoms with Crippen LogP contribution in [-0.2, 0) is 14.3 Å². The van der Waals surface area contributed by atoms with Crippen LogP contribution < -0.4 is 0 Å². The first-order chi connectivity index (χ1) is 8.04. The van der Waals surface area contributed by atoms with Crippen LogP contribution in [0.1, 0.15) is 13.3 Å². The monoisotopic (exact) mass is 282 g/mol. The van der Waals surface area contributed by atoms with E-state index in [0.29, 0.717) is 6.92 Å². The smallest absolute Gasteiger partial charge is 0.413 e. The first-order valence-corrected chi connectivity index (χ1v) is 4.84. The number of esters is 1. The fraction of sp³-hybridized carbons (Fsp3) is 0.889. The Balaban J connectivity index is 5.28. The average Bonchev–Trinajstić information content (AvgIpc) is 2.15.